The van der Waals surface area contributed by atoms with Crippen molar-refractivity contribution in [1.29, 1.82) is 0 Å². The van der Waals surface area contributed by atoms with Crippen molar-refractivity contribution in [3.63, 3.8) is 0 Å². The molecule has 1 fully saturated rings. The fourth-order valence-electron chi connectivity index (χ4n) is 2.71. The molecule has 1 aliphatic heterocycles. The van der Waals surface area contributed by atoms with Crippen LogP contribution < -0.4 is 0 Å². The van der Waals surface area contributed by atoms with Gasteiger partial charge in [0, 0.05) is 6.04 Å². The molecule has 0 aromatic carbocycles. The van der Waals surface area contributed by atoms with Crippen molar-refractivity contribution in [3.8, 4) is 0 Å². The first-order valence-corrected chi connectivity index (χ1v) is 5.09. The number of allylic oxidation sites excluding steroid dienone is 1. The lowest BCUT2D eigenvalue weighted by molar-refractivity contribution is -0.121. The molecule has 0 bridgehead atoms. The van der Waals surface area contributed by atoms with Crippen LogP contribution in [0, 0.1) is 5.92 Å². The van der Waals surface area contributed by atoms with Gasteiger partial charge in [0.05, 0.1) is 6.04 Å². The lowest BCUT2D eigenvalue weighted by atomic mass is 9.89. The van der Waals surface area contributed by atoms with Crippen LogP contribution in [-0.4, -0.2) is 29.8 Å². The van der Waals surface area contributed by atoms with Crippen LogP contribution in [0.1, 0.15) is 26.2 Å². The molecule has 3 atom stereocenters. The highest BCUT2D eigenvalue weighted by atomic mass is 16.1. The van der Waals surface area contributed by atoms with E-state index in [0.29, 0.717) is 11.8 Å². The van der Waals surface area contributed by atoms with Gasteiger partial charge in [0.2, 0.25) is 0 Å². The molecule has 2 nitrogen and oxygen atoms in total. The Hall–Kier alpha value is -0.630. The third-order valence-corrected chi connectivity index (χ3v) is 3.48. The van der Waals surface area contributed by atoms with Gasteiger partial charge in [-0.05, 0) is 39.2 Å². The zero-order valence-electron chi connectivity index (χ0n) is 8.36. The largest absolute Gasteiger partial charge is 0.298 e. The number of Topliss-reactive ketones (excluding diaryl/α,β-unsaturated/α-hetero) is 1. The first-order valence-electron chi connectivity index (χ1n) is 5.09. The minimum atomic E-state index is 0.178. The van der Waals surface area contributed by atoms with Crippen LogP contribution in [0.5, 0.6) is 0 Å². The normalized spacial score (nSPS) is 39.1. The van der Waals surface area contributed by atoms with Crippen molar-refractivity contribution in [1.82, 2.24) is 4.90 Å². The summed E-state index contributed by atoms with van der Waals surface area (Å²) in [5, 5.41) is 0. The van der Waals surface area contributed by atoms with Crippen LogP contribution in [-0.2, 0) is 4.79 Å². The van der Waals surface area contributed by atoms with E-state index in [0.717, 1.165) is 12.3 Å². The first kappa shape index (κ1) is 8.95. The van der Waals surface area contributed by atoms with Gasteiger partial charge < -0.3 is 0 Å². The van der Waals surface area contributed by atoms with Crippen LogP contribution in [0.2, 0.25) is 0 Å². The van der Waals surface area contributed by atoms with Gasteiger partial charge in [-0.1, -0.05) is 12.2 Å². The molecule has 0 N–H and O–H groups in total. The minimum absolute atomic E-state index is 0.178. The van der Waals surface area contributed by atoms with Crippen LogP contribution in [0.25, 0.3) is 0 Å². The zero-order chi connectivity index (χ0) is 9.42. The molecule has 0 aromatic heterocycles. The Morgan fingerprint density at radius 3 is 2.92 bits per heavy atom. The highest BCUT2D eigenvalue weighted by Crippen LogP contribution is 2.35. The Bertz CT molecular complexity index is 246. The van der Waals surface area contributed by atoms with E-state index in [1.165, 1.54) is 12.8 Å². The fraction of sp³-hybridized carbons (Fsp3) is 0.727. The van der Waals surface area contributed by atoms with E-state index in [1.807, 2.05) is 0 Å². The number of hydrogen-bond donors (Lipinski definition) is 0. The lowest BCUT2D eigenvalue weighted by Crippen LogP contribution is -2.36. The molecule has 1 saturated heterocycles. The summed E-state index contributed by atoms with van der Waals surface area (Å²) in [6.07, 6.45) is 8.05. The smallest absolute Gasteiger partial charge is 0.146 e. The second-order valence-electron chi connectivity index (χ2n) is 4.28. The summed E-state index contributed by atoms with van der Waals surface area (Å²) in [6, 6.07) is 0.709. The number of carbonyl (C=O) groups is 1. The monoisotopic (exact) mass is 179 g/mol. The van der Waals surface area contributed by atoms with Crippen LogP contribution in [0.4, 0.5) is 0 Å². The Balaban J connectivity index is 2.16. The standard InChI is InChI=1S/C11H17NO/c1-8(13)11-7-9-5-3-4-6-10(9)12(11)2/h4,6,9-11H,3,5,7H2,1-2H3/t9-,10-,11-/m0/s1. The Labute approximate surface area is 79.6 Å². The number of carbonyl (C=O) groups excluding carboxylic acids is 1. The number of rotatable bonds is 1. The van der Waals surface area contributed by atoms with Gasteiger partial charge in [-0.3, -0.25) is 9.69 Å². The average molecular weight is 179 g/mol. The molecular weight excluding hydrogens is 162 g/mol. The van der Waals surface area contributed by atoms with E-state index in [4.69, 9.17) is 0 Å². The van der Waals surface area contributed by atoms with Gasteiger partial charge in [0.25, 0.3) is 0 Å². The average Bonchev–Trinajstić information content (AvgIpc) is 2.45. The molecule has 0 unspecified atom stereocenters. The molecule has 1 heterocycles. The van der Waals surface area contributed by atoms with E-state index in [1.54, 1.807) is 6.92 Å². The zero-order valence-corrected chi connectivity index (χ0v) is 8.36. The van der Waals surface area contributed by atoms with Crippen molar-refractivity contribution in [3.05, 3.63) is 12.2 Å². The highest BCUT2D eigenvalue weighted by molar-refractivity contribution is 5.81. The van der Waals surface area contributed by atoms with Crippen LogP contribution in [0.3, 0.4) is 0 Å². The van der Waals surface area contributed by atoms with E-state index in [9.17, 15) is 4.79 Å². The molecule has 0 saturated carbocycles. The van der Waals surface area contributed by atoms with Crippen LogP contribution >= 0.6 is 0 Å². The Morgan fingerprint density at radius 2 is 2.31 bits per heavy atom. The van der Waals surface area contributed by atoms with Crippen molar-refractivity contribution < 1.29 is 4.79 Å². The van der Waals surface area contributed by atoms with Crippen molar-refractivity contribution in [2.75, 3.05) is 7.05 Å². The SMILES string of the molecule is CC(=O)[C@@H]1C[C@@H]2CCC=C[C@@H]2N1C. The molecule has 0 radical (unpaired) electrons. The molecule has 2 heteroatoms. The third kappa shape index (κ3) is 1.44. The maximum atomic E-state index is 11.3. The summed E-state index contributed by atoms with van der Waals surface area (Å²) >= 11 is 0. The lowest BCUT2D eigenvalue weighted by Gasteiger charge is -2.26. The molecule has 13 heavy (non-hydrogen) atoms. The molecule has 72 valence electrons. The molecule has 2 aliphatic rings. The summed E-state index contributed by atoms with van der Waals surface area (Å²) in [7, 11) is 2.08. The summed E-state index contributed by atoms with van der Waals surface area (Å²) in [5.41, 5.74) is 0. The molecule has 1 aliphatic carbocycles. The van der Waals surface area contributed by atoms with E-state index < -0.39 is 0 Å². The topological polar surface area (TPSA) is 20.3 Å². The second kappa shape index (κ2) is 3.26. The van der Waals surface area contributed by atoms with Crippen molar-refractivity contribution >= 4 is 5.78 Å². The first-order chi connectivity index (χ1) is 6.20. The van der Waals surface area contributed by atoms with Crippen molar-refractivity contribution in [2.24, 2.45) is 5.92 Å². The van der Waals surface area contributed by atoms with Gasteiger partial charge in [0.15, 0.2) is 0 Å². The molecular formula is C11H17NO. The van der Waals surface area contributed by atoms with E-state index in [2.05, 4.69) is 24.1 Å². The minimum Gasteiger partial charge on any atom is -0.298 e. The number of likely N-dealkylation sites (tertiary alicyclic amines) is 1. The molecule has 0 spiro atoms. The maximum absolute atomic E-state index is 11.3. The summed E-state index contributed by atoms with van der Waals surface area (Å²) in [5.74, 6) is 1.05. The van der Waals surface area contributed by atoms with E-state index >= 15 is 0 Å². The second-order valence-corrected chi connectivity index (χ2v) is 4.28. The number of fused-ring (bicyclic) bond motifs is 1. The number of hydrogen-bond acceptors (Lipinski definition) is 2. The number of likely N-dealkylation sites (N-methyl/N-ethyl adjacent to an activating group) is 1. The van der Waals surface area contributed by atoms with Crippen molar-refractivity contribution in [2.45, 2.75) is 38.3 Å². The predicted molar refractivity (Wildman–Crippen MR) is 52.5 cm³/mol. The van der Waals surface area contributed by atoms with Gasteiger partial charge in [-0.25, -0.2) is 0 Å². The molecule has 0 aromatic rings. The summed E-state index contributed by atoms with van der Waals surface area (Å²) in [4.78, 5) is 13.6. The highest BCUT2D eigenvalue weighted by Gasteiger charge is 2.39. The molecule has 2 rings (SSSR count). The fourth-order valence-corrected chi connectivity index (χ4v) is 2.71. The van der Waals surface area contributed by atoms with Gasteiger partial charge in [0.1, 0.15) is 5.78 Å². The Kier molecular flexibility index (Phi) is 2.24. The predicted octanol–water partition coefficient (Wildman–Crippen LogP) is 1.61. The van der Waals surface area contributed by atoms with E-state index in [-0.39, 0.29) is 6.04 Å². The van der Waals surface area contributed by atoms with Crippen LogP contribution in [0.15, 0.2) is 12.2 Å². The number of ketones is 1. The quantitative estimate of drug-likeness (QED) is 0.570. The van der Waals surface area contributed by atoms with Gasteiger partial charge in [-0.2, -0.15) is 0 Å². The number of nitrogens with zero attached hydrogens (tertiary/aromatic N) is 1. The Morgan fingerprint density at radius 1 is 1.54 bits per heavy atom. The summed E-state index contributed by atoms with van der Waals surface area (Å²) < 4.78 is 0. The van der Waals surface area contributed by atoms with Gasteiger partial charge >= 0.3 is 0 Å². The van der Waals surface area contributed by atoms with Gasteiger partial charge in [-0.15, -0.1) is 0 Å². The third-order valence-electron chi connectivity index (χ3n) is 3.48. The maximum Gasteiger partial charge on any atom is 0.146 e. The molecule has 0 amide bonds. The summed E-state index contributed by atoms with van der Waals surface area (Å²) in [6.45, 7) is 1.71.